The predicted octanol–water partition coefficient (Wildman–Crippen LogP) is 2.66. The third kappa shape index (κ3) is 3.95. The first-order valence-electron chi connectivity index (χ1n) is 8.50. The average molecular weight is 366 g/mol. The molecule has 1 fully saturated rings. The van der Waals surface area contributed by atoms with Gasteiger partial charge >= 0.3 is 6.03 Å². The fourth-order valence-corrected chi connectivity index (χ4v) is 2.90. The second kappa shape index (κ2) is 7.87. The largest absolute Gasteiger partial charge is 0.354 e. The Morgan fingerprint density at radius 1 is 1.28 bits per heavy atom. The molecule has 136 valence electrons. The van der Waals surface area contributed by atoms with E-state index in [4.69, 9.17) is 11.6 Å². The average Bonchev–Trinajstić information content (AvgIpc) is 2.85. The molecule has 2 N–H and O–H groups in total. The van der Waals surface area contributed by atoms with Gasteiger partial charge in [-0.15, -0.1) is 0 Å². The third-order valence-electron chi connectivity index (χ3n) is 4.69. The van der Waals surface area contributed by atoms with Gasteiger partial charge in [-0.2, -0.15) is 0 Å². The van der Waals surface area contributed by atoms with Crippen LogP contribution in [0.1, 0.15) is 39.2 Å². The highest BCUT2D eigenvalue weighted by Gasteiger charge is 2.51. The van der Waals surface area contributed by atoms with Gasteiger partial charge in [-0.05, 0) is 30.0 Å². The summed E-state index contributed by atoms with van der Waals surface area (Å²) in [5, 5.41) is 6.06. The zero-order valence-electron chi connectivity index (χ0n) is 14.8. The van der Waals surface area contributed by atoms with Gasteiger partial charge in [-0.25, -0.2) is 4.79 Å². The summed E-state index contributed by atoms with van der Waals surface area (Å²) in [5.74, 6) is -0.413. The van der Waals surface area contributed by atoms with Gasteiger partial charge in [0.1, 0.15) is 12.1 Å². The second-order valence-electron chi connectivity index (χ2n) is 6.40. The SMILES string of the molecule is CC[C@H](C)CNC(=O)CN1C(=O)N[C@@](CC)(c2ccc(Cl)cc2)C1=O. The molecular weight excluding hydrogens is 342 g/mol. The van der Waals surface area contributed by atoms with Gasteiger partial charge in [0.15, 0.2) is 0 Å². The lowest BCUT2D eigenvalue weighted by molar-refractivity contribution is -0.135. The first-order chi connectivity index (χ1) is 11.8. The lowest BCUT2D eigenvalue weighted by Gasteiger charge is -2.25. The molecule has 1 aliphatic heterocycles. The Labute approximate surface area is 152 Å². The van der Waals surface area contributed by atoms with Crippen LogP contribution in [0.3, 0.4) is 0 Å². The van der Waals surface area contributed by atoms with E-state index >= 15 is 0 Å². The van der Waals surface area contributed by atoms with Gasteiger partial charge < -0.3 is 10.6 Å². The van der Waals surface area contributed by atoms with Crippen molar-refractivity contribution in [1.82, 2.24) is 15.5 Å². The Morgan fingerprint density at radius 3 is 2.48 bits per heavy atom. The molecule has 0 bridgehead atoms. The molecule has 4 amide bonds. The monoisotopic (exact) mass is 365 g/mol. The maximum Gasteiger partial charge on any atom is 0.325 e. The summed E-state index contributed by atoms with van der Waals surface area (Å²) in [5.41, 5.74) is -0.501. The molecule has 0 spiro atoms. The highest BCUT2D eigenvalue weighted by atomic mass is 35.5. The molecule has 1 aromatic carbocycles. The van der Waals surface area contributed by atoms with Gasteiger partial charge in [0, 0.05) is 11.6 Å². The minimum Gasteiger partial charge on any atom is -0.354 e. The van der Waals surface area contributed by atoms with E-state index in [0.717, 1.165) is 11.3 Å². The number of nitrogens with one attached hydrogen (secondary N) is 2. The molecule has 0 aliphatic carbocycles. The number of benzene rings is 1. The fourth-order valence-electron chi connectivity index (χ4n) is 2.78. The Balaban J connectivity index is 2.15. The van der Waals surface area contributed by atoms with E-state index in [0.29, 0.717) is 29.5 Å². The van der Waals surface area contributed by atoms with Crippen molar-refractivity contribution in [3.63, 3.8) is 0 Å². The summed E-state index contributed by atoms with van der Waals surface area (Å²) in [6.07, 6.45) is 1.32. The molecule has 1 saturated heterocycles. The molecule has 1 heterocycles. The van der Waals surface area contributed by atoms with E-state index in [1.54, 1.807) is 24.3 Å². The number of amides is 4. The molecule has 2 rings (SSSR count). The molecular formula is C18H24ClN3O3. The van der Waals surface area contributed by atoms with E-state index < -0.39 is 17.5 Å². The van der Waals surface area contributed by atoms with E-state index in [9.17, 15) is 14.4 Å². The zero-order valence-corrected chi connectivity index (χ0v) is 15.5. The maximum atomic E-state index is 12.9. The Hall–Kier alpha value is -2.08. The summed E-state index contributed by atoms with van der Waals surface area (Å²) in [4.78, 5) is 38.3. The van der Waals surface area contributed by atoms with E-state index in [1.165, 1.54) is 0 Å². The minimum atomic E-state index is -1.15. The van der Waals surface area contributed by atoms with Crippen LogP contribution in [0.5, 0.6) is 0 Å². The number of imide groups is 1. The van der Waals surface area contributed by atoms with Crippen molar-refractivity contribution in [2.24, 2.45) is 5.92 Å². The van der Waals surface area contributed by atoms with Crippen molar-refractivity contribution in [3.8, 4) is 0 Å². The highest BCUT2D eigenvalue weighted by Crippen LogP contribution is 2.32. The number of halogens is 1. The van der Waals surface area contributed by atoms with Crippen LogP contribution in [0, 0.1) is 5.92 Å². The molecule has 6 nitrogen and oxygen atoms in total. The number of hydrogen-bond donors (Lipinski definition) is 2. The van der Waals surface area contributed by atoms with E-state index in [1.807, 2.05) is 20.8 Å². The molecule has 1 aromatic rings. The van der Waals surface area contributed by atoms with Gasteiger partial charge in [-0.1, -0.05) is 50.9 Å². The Kier molecular flexibility index (Phi) is 6.06. The van der Waals surface area contributed by atoms with Crippen LogP contribution < -0.4 is 10.6 Å². The van der Waals surface area contributed by atoms with Crippen LogP contribution in [0.15, 0.2) is 24.3 Å². The molecule has 0 aromatic heterocycles. The van der Waals surface area contributed by atoms with E-state index in [-0.39, 0.29) is 12.5 Å². The number of rotatable bonds is 7. The minimum absolute atomic E-state index is 0.281. The smallest absolute Gasteiger partial charge is 0.325 e. The number of urea groups is 1. The first-order valence-corrected chi connectivity index (χ1v) is 8.88. The molecule has 1 aliphatic rings. The fraction of sp³-hybridized carbons (Fsp3) is 0.500. The molecule has 0 saturated carbocycles. The lowest BCUT2D eigenvalue weighted by Crippen LogP contribution is -2.45. The summed E-state index contributed by atoms with van der Waals surface area (Å²) in [6.45, 7) is 6.12. The first kappa shape index (κ1) is 19.2. The van der Waals surface area contributed by atoms with Crippen molar-refractivity contribution in [1.29, 1.82) is 0 Å². The Morgan fingerprint density at radius 2 is 1.92 bits per heavy atom. The van der Waals surface area contributed by atoms with Gasteiger partial charge in [0.25, 0.3) is 5.91 Å². The van der Waals surface area contributed by atoms with Crippen molar-refractivity contribution < 1.29 is 14.4 Å². The molecule has 0 unspecified atom stereocenters. The van der Waals surface area contributed by atoms with Crippen molar-refractivity contribution in [3.05, 3.63) is 34.9 Å². The van der Waals surface area contributed by atoms with Gasteiger partial charge in [-0.3, -0.25) is 14.5 Å². The topological polar surface area (TPSA) is 78.5 Å². The van der Waals surface area contributed by atoms with Crippen molar-refractivity contribution in [2.75, 3.05) is 13.1 Å². The van der Waals surface area contributed by atoms with Gasteiger partial charge in [0.05, 0.1) is 0 Å². The third-order valence-corrected chi connectivity index (χ3v) is 4.94. The highest BCUT2D eigenvalue weighted by molar-refractivity contribution is 6.30. The predicted molar refractivity (Wildman–Crippen MR) is 96.1 cm³/mol. The van der Waals surface area contributed by atoms with Crippen LogP contribution in [-0.2, 0) is 15.1 Å². The van der Waals surface area contributed by atoms with Crippen LogP contribution in [0.4, 0.5) is 4.79 Å². The second-order valence-corrected chi connectivity index (χ2v) is 6.84. The quantitative estimate of drug-likeness (QED) is 0.729. The van der Waals surface area contributed by atoms with Crippen molar-refractivity contribution in [2.45, 2.75) is 39.2 Å². The van der Waals surface area contributed by atoms with Gasteiger partial charge in [0.2, 0.25) is 5.91 Å². The summed E-state index contributed by atoms with van der Waals surface area (Å²) >= 11 is 5.91. The number of carbonyl (C=O) groups excluding carboxylic acids is 3. The summed E-state index contributed by atoms with van der Waals surface area (Å²) in [6, 6.07) is 6.23. The zero-order chi connectivity index (χ0) is 18.6. The number of nitrogens with zero attached hydrogens (tertiary/aromatic N) is 1. The molecule has 7 heteroatoms. The molecule has 2 atom stereocenters. The summed E-state index contributed by atoms with van der Waals surface area (Å²) in [7, 11) is 0. The van der Waals surface area contributed by atoms with Crippen molar-refractivity contribution >= 4 is 29.4 Å². The van der Waals surface area contributed by atoms with Crippen LogP contribution in [0.25, 0.3) is 0 Å². The lowest BCUT2D eigenvalue weighted by atomic mass is 9.87. The van der Waals surface area contributed by atoms with Crippen LogP contribution >= 0.6 is 11.6 Å². The summed E-state index contributed by atoms with van der Waals surface area (Å²) < 4.78 is 0. The molecule has 25 heavy (non-hydrogen) atoms. The Bertz CT molecular complexity index is 662. The number of hydrogen-bond acceptors (Lipinski definition) is 3. The standard InChI is InChI=1S/C18H24ClN3O3/c1-4-12(3)10-20-15(23)11-22-16(24)18(5-2,21-17(22)25)13-6-8-14(19)9-7-13/h6-9,12H,4-5,10-11H2,1-3H3,(H,20,23)(H,21,25)/t12-,18-/m0/s1. The molecule has 0 radical (unpaired) electrons. The maximum absolute atomic E-state index is 12.9. The van der Waals surface area contributed by atoms with Crippen LogP contribution in [0.2, 0.25) is 5.02 Å². The normalized spacial score (nSPS) is 21.2. The van der Waals surface area contributed by atoms with E-state index in [2.05, 4.69) is 10.6 Å². The van der Waals surface area contributed by atoms with Crippen LogP contribution in [-0.4, -0.2) is 35.8 Å². The number of carbonyl (C=O) groups is 3.